The fourth-order valence-corrected chi connectivity index (χ4v) is 4.14. The molecule has 0 radical (unpaired) electrons. The van der Waals surface area contributed by atoms with Crippen molar-refractivity contribution in [1.29, 1.82) is 0 Å². The van der Waals surface area contributed by atoms with Crippen molar-refractivity contribution in [2.45, 2.75) is 32.7 Å². The van der Waals surface area contributed by atoms with Crippen molar-refractivity contribution < 1.29 is 4.79 Å². The van der Waals surface area contributed by atoms with E-state index in [0.717, 1.165) is 68.4 Å². The standard InChI is InChI=1S/C22H32N6OS/c1-17-16-18(2)25-22(24-17)26-20(8-15-30-3)21(29)28-13-11-27(12-14-28)10-7-19-6-4-5-9-23-19/h4-6,9,16,20H,7-8,10-15H2,1-3H3,(H,24,25,26). The molecule has 3 heterocycles. The average molecular weight is 429 g/mol. The molecule has 162 valence electrons. The number of carbonyl (C=O) groups excluding carboxylic acids is 1. The largest absolute Gasteiger partial charge is 0.342 e. The number of amides is 1. The summed E-state index contributed by atoms with van der Waals surface area (Å²) in [5.74, 6) is 1.61. The lowest BCUT2D eigenvalue weighted by Gasteiger charge is -2.36. The van der Waals surface area contributed by atoms with Crippen LogP contribution in [0.15, 0.2) is 30.5 Å². The number of nitrogens with zero attached hydrogens (tertiary/aromatic N) is 5. The van der Waals surface area contributed by atoms with Gasteiger partial charge in [-0.1, -0.05) is 6.07 Å². The van der Waals surface area contributed by atoms with Gasteiger partial charge in [0, 0.05) is 62.4 Å². The second-order valence-corrected chi connectivity index (χ2v) is 8.68. The summed E-state index contributed by atoms with van der Waals surface area (Å²) in [5, 5.41) is 3.30. The van der Waals surface area contributed by atoms with Gasteiger partial charge in [0.05, 0.1) is 0 Å². The lowest BCUT2D eigenvalue weighted by atomic mass is 10.1. The molecule has 1 saturated heterocycles. The first kappa shape index (κ1) is 22.5. The molecule has 2 aromatic heterocycles. The molecule has 1 aliphatic rings. The lowest BCUT2D eigenvalue weighted by Crippen LogP contribution is -2.53. The van der Waals surface area contributed by atoms with E-state index in [9.17, 15) is 4.79 Å². The Balaban J connectivity index is 1.54. The maximum absolute atomic E-state index is 13.2. The summed E-state index contributed by atoms with van der Waals surface area (Å²) in [5.41, 5.74) is 2.93. The molecular formula is C22H32N6OS. The average Bonchev–Trinajstić information content (AvgIpc) is 2.75. The third kappa shape index (κ3) is 6.67. The quantitative estimate of drug-likeness (QED) is 0.657. The zero-order valence-corrected chi connectivity index (χ0v) is 19.0. The molecule has 3 rings (SSSR count). The number of rotatable bonds is 9. The molecule has 1 atom stereocenters. The van der Waals surface area contributed by atoms with Gasteiger partial charge >= 0.3 is 0 Å². The van der Waals surface area contributed by atoms with Crippen LogP contribution in [0.4, 0.5) is 5.95 Å². The normalized spacial score (nSPS) is 15.8. The van der Waals surface area contributed by atoms with Gasteiger partial charge < -0.3 is 10.2 Å². The Hall–Kier alpha value is -2.19. The van der Waals surface area contributed by atoms with Crippen molar-refractivity contribution in [3.63, 3.8) is 0 Å². The smallest absolute Gasteiger partial charge is 0.245 e. The number of nitrogens with one attached hydrogen (secondary N) is 1. The number of carbonyl (C=O) groups is 1. The second kappa shape index (κ2) is 11.3. The maximum Gasteiger partial charge on any atom is 0.245 e. The van der Waals surface area contributed by atoms with Gasteiger partial charge in [-0.25, -0.2) is 9.97 Å². The molecule has 1 amide bonds. The number of piperazine rings is 1. The molecule has 0 aromatic carbocycles. The predicted molar refractivity (Wildman–Crippen MR) is 123 cm³/mol. The SMILES string of the molecule is CSCCC(Nc1nc(C)cc(C)n1)C(=O)N1CCN(CCc2ccccn2)CC1. The molecule has 1 fully saturated rings. The Morgan fingerprint density at radius 3 is 2.53 bits per heavy atom. The summed E-state index contributed by atoms with van der Waals surface area (Å²) >= 11 is 1.75. The molecule has 0 aliphatic carbocycles. The number of hydrogen-bond acceptors (Lipinski definition) is 7. The zero-order chi connectivity index (χ0) is 21.3. The molecular weight excluding hydrogens is 396 g/mol. The van der Waals surface area contributed by atoms with Crippen LogP contribution in [0.2, 0.25) is 0 Å². The van der Waals surface area contributed by atoms with E-state index in [-0.39, 0.29) is 11.9 Å². The summed E-state index contributed by atoms with van der Waals surface area (Å²) in [4.78, 5) is 30.9. The third-order valence-electron chi connectivity index (χ3n) is 5.29. The zero-order valence-electron chi connectivity index (χ0n) is 18.2. The van der Waals surface area contributed by atoms with Crippen LogP contribution < -0.4 is 5.32 Å². The Bertz CT molecular complexity index is 790. The summed E-state index contributed by atoms with van der Waals surface area (Å²) in [7, 11) is 0. The summed E-state index contributed by atoms with van der Waals surface area (Å²) in [6.45, 7) is 8.18. The van der Waals surface area contributed by atoms with Crippen LogP contribution in [-0.2, 0) is 11.2 Å². The number of pyridine rings is 1. The molecule has 2 aromatic rings. The van der Waals surface area contributed by atoms with Gasteiger partial charge in [-0.15, -0.1) is 0 Å². The molecule has 1 N–H and O–H groups in total. The van der Waals surface area contributed by atoms with Gasteiger partial charge in [-0.2, -0.15) is 11.8 Å². The molecule has 8 heteroatoms. The van der Waals surface area contributed by atoms with Crippen molar-refractivity contribution in [3.05, 3.63) is 47.5 Å². The minimum Gasteiger partial charge on any atom is -0.342 e. The van der Waals surface area contributed by atoms with E-state index >= 15 is 0 Å². The van der Waals surface area contributed by atoms with Crippen LogP contribution in [0, 0.1) is 13.8 Å². The molecule has 7 nitrogen and oxygen atoms in total. The van der Waals surface area contributed by atoms with Gasteiger partial charge in [0.25, 0.3) is 0 Å². The Labute approximate surface area is 183 Å². The van der Waals surface area contributed by atoms with Gasteiger partial charge in [-0.3, -0.25) is 14.7 Å². The molecule has 0 saturated carbocycles. The number of thioether (sulfide) groups is 1. The molecule has 0 spiro atoms. The first-order valence-electron chi connectivity index (χ1n) is 10.5. The summed E-state index contributed by atoms with van der Waals surface area (Å²) in [6.07, 6.45) is 5.61. The van der Waals surface area contributed by atoms with E-state index in [2.05, 4.69) is 37.5 Å². The van der Waals surface area contributed by atoms with Crippen LogP contribution in [0.5, 0.6) is 0 Å². The Morgan fingerprint density at radius 2 is 1.90 bits per heavy atom. The van der Waals surface area contributed by atoms with Crippen molar-refractivity contribution in [2.24, 2.45) is 0 Å². The van der Waals surface area contributed by atoms with E-state index in [4.69, 9.17) is 0 Å². The fourth-order valence-electron chi connectivity index (χ4n) is 3.67. The van der Waals surface area contributed by atoms with Crippen molar-refractivity contribution in [3.8, 4) is 0 Å². The van der Waals surface area contributed by atoms with Crippen molar-refractivity contribution in [1.82, 2.24) is 24.8 Å². The molecule has 1 unspecified atom stereocenters. The van der Waals surface area contributed by atoms with Gasteiger partial charge in [0.15, 0.2) is 0 Å². The van der Waals surface area contributed by atoms with E-state index in [1.54, 1.807) is 11.8 Å². The van der Waals surface area contributed by atoms with Crippen molar-refractivity contribution >= 4 is 23.6 Å². The highest BCUT2D eigenvalue weighted by atomic mass is 32.2. The number of hydrogen-bond donors (Lipinski definition) is 1. The van der Waals surface area contributed by atoms with E-state index in [1.165, 1.54) is 0 Å². The first-order chi connectivity index (χ1) is 14.5. The monoisotopic (exact) mass is 428 g/mol. The van der Waals surface area contributed by atoms with Crippen LogP contribution in [0.3, 0.4) is 0 Å². The third-order valence-corrected chi connectivity index (χ3v) is 5.93. The van der Waals surface area contributed by atoms with E-state index in [1.807, 2.05) is 43.1 Å². The molecule has 1 aliphatic heterocycles. The van der Waals surface area contributed by atoms with Gasteiger partial charge in [0.1, 0.15) is 6.04 Å². The van der Waals surface area contributed by atoms with Crippen LogP contribution in [0.1, 0.15) is 23.5 Å². The van der Waals surface area contributed by atoms with Crippen LogP contribution in [-0.4, -0.2) is 81.4 Å². The topological polar surface area (TPSA) is 74.2 Å². The van der Waals surface area contributed by atoms with Crippen LogP contribution in [0.25, 0.3) is 0 Å². The summed E-state index contributed by atoms with van der Waals surface area (Å²) in [6, 6.07) is 7.68. The fraction of sp³-hybridized carbons (Fsp3) is 0.545. The molecule has 30 heavy (non-hydrogen) atoms. The second-order valence-electron chi connectivity index (χ2n) is 7.69. The highest BCUT2D eigenvalue weighted by molar-refractivity contribution is 7.98. The lowest BCUT2D eigenvalue weighted by molar-refractivity contribution is -0.133. The Morgan fingerprint density at radius 1 is 1.17 bits per heavy atom. The highest BCUT2D eigenvalue weighted by Gasteiger charge is 2.27. The van der Waals surface area contributed by atoms with Crippen molar-refractivity contribution in [2.75, 3.05) is 50.0 Å². The minimum absolute atomic E-state index is 0.149. The van der Waals surface area contributed by atoms with Gasteiger partial charge in [0.2, 0.25) is 11.9 Å². The summed E-state index contributed by atoms with van der Waals surface area (Å²) < 4.78 is 0. The minimum atomic E-state index is -0.293. The van der Waals surface area contributed by atoms with Crippen LogP contribution >= 0.6 is 11.8 Å². The Kier molecular flexibility index (Phi) is 8.45. The predicted octanol–water partition coefficient (Wildman–Crippen LogP) is 2.41. The number of anilines is 1. The molecule has 0 bridgehead atoms. The van der Waals surface area contributed by atoms with E-state index < -0.39 is 0 Å². The first-order valence-corrected chi connectivity index (χ1v) is 11.9. The number of aromatic nitrogens is 3. The van der Waals surface area contributed by atoms with E-state index in [0.29, 0.717) is 5.95 Å². The maximum atomic E-state index is 13.2. The van der Waals surface area contributed by atoms with Gasteiger partial charge in [-0.05, 0) is 50.5 Å². The number of aryl methyl sites for hydroxylation is 2. The highest BCUT2D eigenvalue weighted by Crippen LogP contribution is 2.13.